The van der Waals surface area contributed by atoms with E-state index in [1.54, 1.807) is 13.3 Å². The molecule has 0 radical (unpaired) electrons. The summed E-state index contributed by atoms with van der Waals surface area (Å²) in [7, 11) is 1.65. The van der Waals surface area contributed by atoms with Crippen LogP contribution in [-0.4, -0.2) is 27.7 Å². The van der Waals surface area contributed by atoms with Crippen LogP contribution in [0.15, 0.2) is 70.5 Å². The van der Waals surface area contributed by atoms with Gasteiger partial charge in [0.05, 0.1) is 31.1 Å². The van der Waals surface area contributed by atoms with Gasteiger partial charge in [0, 0.05) is 0 Å². The summed E-state index contributed by atoms with van der Waals surface area (Å²) in [6, 6.07) is 17.9. The fourth-order valence-electron chi connectivity index (χ4n) is 2.72. The number of hydrogen-bond acceptors (Lipinski definition) is 6. The first-order chi connectivity index (χ1) is 12.8. The van der Waals surface area contributed by atoms with E-state index in [0.29, 0.717) is 6.54 Å². The van der Waals surface area contributed by atoms with Crippen LogP contribution in [-0.2, 0) is 6.54 Å². The van der Waals surface area contributed by atoms with Crippen molar-refractivity contribution in [1.82, 2.24) is 25.9 Å². The minimum atomic E-state index is 0.673. The van der Waals surface area contributed by atoms with Crippen molar-refractivity contribution in [2.24, 2.45) is 5.10 Å². The van der Waals surface area contributed by atoms with Crippen molar-refractivity contribution >= 4 is 21.8 Å². The Hall–Kier alpha value is -2.84. The van der Waals surface area contributed by atoms with Crippen LogP contribution in [0.3, 0.4) is 0 Å². The largest absolute Gasteiger partial charge is 0.497 e. The molecule has 0 fully saturated rings. The fourth-order valence-corrected chi connectivity index (χ4v) is 3.30. The van der Waals surface area contributed by atoms with Gasteiger partial charge in [0.25, 0.3) is 0 Å². The van der Waals surface area contributed by atoms with Gasteiger partial charge < -0.3 is 4.74 Å². The van der Waals surface area contributed by atoms with E-state index >= 15 is 0 Å². The summed E-state index contributed by atoms with van der Waals surface area (Å²) in [5.41, 5.74) is 8.86. The van der Waals surface area contributed by atoms with E-state index in [-0.39, 0.29) is 0 Å². The van der Waals surface area contributed by atoms with Crippen molar-refractivity contribution in [3.05, 3.63) is 76.5 Å². The highest BCUT2D eigenvalue weighted by Crippen LogP contribution is 2.24. The number of rotatable bonds is 5. The third-order valence-electron chi connectivity index (χ3n) is 4.05. The van der Waals surface area contributed by atoms with Gasteiger partial charge in [0.1, 0.15) is 10.4 Å². The highest BCUT2D eigenvalue weighted by atomic mass is 79.9. The maximum absolute atomic E-state index is 5.21. The van der Waals surface area contributed by atoms with Crippen molar-refractivity contribution < 1.29 is 4.74 Å². The molecule has 132 valence electrons. The van der Waals surface area contributed by atoms with Gasteiger partial charge in [0.15, 0.2) is 5.84 Å². The van der Waals surface area contributed by atoms with Crippen LogP contribution < -0.4 is 15.8 Å². The lowest BCUT2D eigenvalue weighted by Crippen LogP contribution is -2.40. The van der Waals surface area contributed by atoms with Crippen LogP contribution in [0.5, 0.6) is 5.75 Å². The van der Waals surface area contributed by atoms with Crippen molar-refractivity contribution in [2.45, 2.75) is 6.54 Å². The summed E-state index contributed by atoms with van der Waals surface area (Å²) in [5, 5.41) is 10.8. The van der Waals surface area contributed by atoms with E-state index in [9.17, 15) is 0 Å². The maximum Gasteiger partial charge on any atom is 0.177 e. The molecule has 2 N–H and O–H groups in total. The molecule has 0 aliphatic carbocycles. The van der Waals surface area contributed by atoms with Crippen LogP contribution in [0.2, 0.25) is 0 Å². The van der Waals surface area contributed by atoms with Gasteiger partial charge in [-0.25, -0.2) is 10.2 Å². The molecule has 4 rings (SSSR count). The number of halogens is 1. The first kappa shape index (κ1) is 16.6. The quantitative estimate of drug-likeness (QED) is 0.674. The molecule has 0 saturated heterocycles. The molecular weight excluding hydrogens is 396 g/mol. The zero-order valence-electron chi connectivity index (χ0n) is 14.1. The molecule has 2 heterocycles. The van der Waals surface area contributed by atoms with Crippen molar-refractivity contribution in [3.63, 3.8) is 0 Å². The molecule has 0 unspecified atom stereocenters. The smallest absolute Gasteiger partial charge is 0.177 e. The Bertz CT molecular complexity index is 923. The number of hydrogen-bond donors (Lipinski definition) is 2. The van der Waals surface area contributed by atoms with Gasteiger partial charge in [-0.05, 0) is 45.8 Å². The number of nitrogens with one attached hydrogen (secondary N) is 2. The lowest BCUT2D eigenvalue weighted by molar-refractivity contribution is 0.288. The maximum atomic E-state index is 5.21. The second kappa shape index (κ2) is 7.19. The zero-order valence-corrected chi connectivity index (χ0v) is 15.6. The Morgan fingerprint density at radius 2 is 1.85 bits per heavy atom. The Kier molecular flexibility index (Phi) is 4.59. The lowest BCUT2D eigenvalue weighted by atomic mass is 10.2. The zero-order chi connectivity index (χ0) is 17.9. The Morgan fingerprint density at radius 1 is 1.08 bits per heavy atom. The lowest BCUT2D eigenvalue weighted by Gasteiger charge is -2.18. The number of methoxy groups -OCH3 is 1. The molecule has 0 saturated carbocycles. The molecule has 2 aromatic carbocycles. The van der Waals surface area contributed by atoms with Crippen LogP contribution in [0, 0.1) is 0 Å². The molecule has 8 heteroatoms. The molecule has 26 heavy (non-hydrogen) atoms. The molecule has 1 aromatic heterocycles. The summed E-state index contributed by atoms with van der Waals surface area (Å²) in [6.07, 6.45) is 1.79. The molecule has 1 aliphatic heterocycles. The Morgan fingerprint density at radius 3 is 2.58 bits per heavy atom. The number of aromatic nitrogens is 2. The van der Waals surface area contributed by atoms with Gasteiger partial charge in [-0.15, -0.1) is 10.6 Å². The molecular formula is C18H17BrN6O. The van der Waals surface area contributed by atoms with Crippen molar-refractivity contribution in [3.8, 4) is 11.4 Å². The summed E-state index contributed by atoms with van der Waals surface area (Å²) in [5.74, 6) is 1.57. The summed E-state index contributed by atoms with van der Waals surface area (Å²) < 4.78 is 7.85. The predicted octanol–water partition coefficient (Wildman–Crippen LogP) is 2.83. The van der Waals surface area contributed by atoms with Gasteiger partial charge >= 0.3 is 0 Å². The van der Waals surface area contributed by atoms with E-state index in [4.69, 9.17) is 4.74 Å². The monoisotopic (exact) mass is 412 g/mol. The predicted molar refractivity (Wildman–Crippen MR) is 103 cm³/mol. The van der Waals surface area contributed by atoms with E-state index < -0.39 is 0 Å². The van der Waals surface area contributed by atoms with E-state index in [1.165, 1.54) is 5.56 Å². The summed E-state index contributed by atoms with van der Waals surface area (Å²) in [6.45, 7) is 0.673. The van der Waals surface area contributed by atoms with Crippen molar-refractivity contribution in [1.29, 1.82) is 0 Å². The summed E-state index contributed by atoms with van der Waals surface area (Å²) in [4.78, 5) is 0. The standard InChI is InChI=1S/C18H17BrN6O/c1-26-15-9-7-14(8-10-15)25-17(19)16(11-20-25)18-21-22-23-24(18)12-13-5-3-2-4-6-13/h2-11,22-23H,12H2,1H3. The average Bonchev–Trinajstić information content (AvgIpc) is 3.29. The topological polar surface area (TPSA) is 66.7 Å². The van der Waals surface area contributed by atoms with Crippen molar-refractivity contribution in [2.75, 3.05) is 7.11 Å². The number of nitrogens with zero attached hydrogens (tertiary/aromatic N) is 4. The Labute approximate surface area is 159 Å². The number of amidine groups is 1. The first-order valence-corrected chi connectivity index (χ1v) is 8.83. The van der Waals surface area contributed by atoms with Gasteiger partial charge in [-0.2, -0.15) is 5.10 Å². The van der Waals surface area contributed by atoms with Gasteiger partial charge in [-0.3, -0.25) is 5.01 Å². The molecule has 7 nitrogen and oxygen atoms in total. The number of hydrazone groups is 1. The van der Waals surface area contributed by atoms with E-state index in [1.807, 2.05) is 52.2 Å². The second-order valence-corrected chi connectivity index (χ2v) is 6.44. The third-order valence-corrected chi connectivity index (χ3v) is 4.82. The summed E-state index contributed by atoms with van der Waals surface area (Å²) >= 11 is 3.65. The second-order valence-electron chi connectivity index (χ2n) is 5.69. The average molecular weight is 413 g/mol. The number of hydrazine groups is 2. The molecule has 1 aliphatic rings. The fraction of sp³-hybridized carbons (Fsp3) is 0.111. The Balaban J connectivity index is 1.60. The highest BCUT2D eigenvalue weighted by Gasteiger charge is 2.24. The van der Waals surface area contributed by atoms with Crippen LogP contribution in [0.25, 0.3) is 5.69 Å². The SMILES string of the molecule is COc1ccc(-n2ncc(C3=NNNN3Cc3ccccc3)c2Br)cc1. The molecule has 0 amide bonds. The third kappa shape index (κ3) is 3.16. The van der Waals surface area contributed by atoms with E-state index in [0.717, 1.165) is 27.4 Å². The molecule has 0 bridgehead atoms. The minimum Gasteiger partial charge on any atom is -0.497 e. The van der Waals surface area contributed by atoms with Gasteiger partial charge in [0.2, 0.25) is 0 Å². The van der Waals surface area contributed by atoms with E-state index in [2.05, 4.69) is 49.3 Å². The first-order valence-electron chi connectivity index (χ1n) is 8.04. The number of ether oxygens (including phenoxy) is 1. The molecule has 0 spiro atoms. The molecule has 3 aromatic rings. The molecule has 0 atom stereocenters. The normalized spacial score (nSPS) is 13.5. The van der Waals surface area contributed by atoms with Crippen LogP contribution in [0.4, 0.5) is 0 Å². The highest BCUT2D eigenvalue weighted by molar-refractivity contribution is 9.10. The van der Waals surface area contributed by atoms with Crippen LogP contribution in [0.1, 0.15) is 11.1 Å². The number of benzene rings is 2. The van der Waals surface area contributed by atoms with Crippen LogP contribution >= 0.6 is 15.9 Å². The minimum absolute atomic E-state index is 0.673. The van der Waals surface area contributed by atoms with Gasteiger partial charge in [-0.1, -0.05) is 30.3 Å².